The largest absolute Gasteiger partial charge is 0.493 e. The fourth-order valence-corrected chi connectivity index (χ4v) is 2.41. The second kappa shape index (κ2) is 6.01. The average Bonchev–Trinajstić information content (AvgIpc) is 2.83. The first-order valence-electron chi connectivity index (χ1n) is 6.36. The van der Waals surface area contributed by atoms with Crippen LogP contribution in [0.5, 0.6) is 5.75 Å². The molecule has 1 fully saturated rings. The molecule has 1 aliphatic carbocycles. The van der Waals surface area contributed by atoms with Crippen LogP contribution in [0.4, 0.5) is 4.39 Å². The number of ether oxygens (including phenoxy) is 1. The van der Waals surface area contributed by atoms with Crippen molar-refractivity contribution in [3.8, 4) is 5.75 Å². The highest BCUT2D eigenvalue weighted by Crippen LogP contribution is 2.27. The van der Waals surface area contributed by atoms with E-state index in [9.17, 15) is 4.39 Å². The maximum atomic E-state index is 13.6. The second-order valence-corrected chi connectivity index (χ2v) is 4.71. The fraction of sp³-hybridized carbons (Fsp3) is 0.571. The summed E-state index contributed by atoms with van der Waals surface area (Å²) < 4.78 is 19.4. The van der Waals surface area contributed by atoms with Gasteiger partial charge in [0.15, 0.2) is 0 Å². The molecule has 0 radical (unpaired) electrons. The first-order valence-corrected chi connectivity index (χ1v) is 6.36. The van der Waals surface area contributed by atoms with Crippen molar-refractivity contribution in [3.05, 3.63) is 29.6 Å². The highest BCUT2D eigenvalue weighted by molar-refractivity contribution is 5.34. The van der Waals surface area contributed by atoms with Gasteiger partial charge in [-0.05, 0) is 37.9 Å². The summed E-state index contributed by atoms with van der Waals surface area (Å²) in [6.07, 6.45) is 5.11. The van der Waals surface area contributed by atoms with E-state index in [2.05, 4.69) is 5.32 Å². The monoisotopic (exact) mass is 237 g/mol. The molecule has 94 valence electrons. The molecule has 1 aromatic carbocycles. The number of hydrogen-bond donors (Lipinski definition) is 1. The zero-order chi connectivity index (χ0) is 12.1. The molecule has 0 atom stereocenters. The Balaban J connectivity index is 2.00. The lowest BCUT2D eigenvalue weighted by Gasteiger charge is -2.15. The first-order chi connectivity index (χ1) is 8.31. The molecule has 0 heterocycles. The zero-order valence-corrected chi connectivity index (χ0v) is 10.3. The van der Waals surface area contributed by atoms with E-state index in [1.165, 1.54) is 31.7 Å². The summed E-state index contributed by atoms with van der Waals surface area (Å²) in [6, 6.07) is 5.04. The fourth-order valence-electron chi connectivity index (χ4n) is 2.41. The van der Waals surface area contributed by atoms with E-state index < -0.39 is 0 Å². The van der Waals surface area contributed by atoms with Gasteiger partial charge in [-0.15, -0.1) is 0 Å². The van der Waals surface area contributed by atoms with Crippen LogP contribution in [-0.4, -0.2) is 13.7 Å². The summed E-state index contributed by atoms with van der Waals surface area (Å²) in [6.45, 7) is 1.23. The Morgan fingerprint density at radius 1 is 1.35 bits per heavy atom. The van der Waals surface area contributed by atoms with Crippen molar-refractivity contribution in [1.29, 1.82) is 0 Å². The third kappa shape index (κ3) is 3.19. The van der Waals surface area contributed by atoms with Gasteiger partial charge in [0.2, 0.25) is 0 Å². The van der Waals surface area contributed by atoms with Gasteiger partial charge < -0.3 is 10.1 Å². The van der Waals surface area contributed by atoms with E-state index in [1.54, 1.807) is 6.07 Å². The number of halogens is 1. The molecular weight excluding hydrogens is 217 g/mol. The molecule has 0 aromatic heterocycles. The maximum Gasteiger partial charge on any atom is 0.131 e. The number of benzene rings is 1. The predicted molar refractivity (Wildman–Crippen MR) is 66.6 cm³/mol. The minimum absolute atomic E-state index is 0.191. The van der Waals surface area contributed by atoms with Crippen molar-refractivity contribution >= 4 is 0 Å². The molecule has 0 saturated heterocycles. The standard InChI is InChI=1S/C14H20FNO/c1-16-9-12-13(15)7-4-8-14(12)17-10-11-5-2-3-6-11/h4,7-8,11,16H,2-3,5-6,9-10H2,1H3. The summed E-state index contributed by atoms with van der Waals surface area (Å²) in [5.74, 6) is 1.15. The Morgan fingerprint density at radius 3 is 2.82 bits per heavy atom. The quantitative estimate of drug-likeness (QED) is 0.849. The zero-order valence-electron chi connectivity index (χ0n) is 10.3. The van der Waals surface area contributed by atoms with E-state index in [0.29, 0.717) is 23.8 Å². The van der Waals surface area contributed by atoms with Crippen LogP contribution < -0.4 is 10.1 Å². The van der Waals surface area contributed by atoms with Crippen molar-refractivity contribution in [3.63, 3.8) is 0 Å². The lowest BCUT2D eigenvalue weighted by Crippen LogP contribution is -2.13. The highest BCUT2D eigenvalue weighted by atomic mass is 19.1. The van der Waals surface area contributed by atoms with Crippen molar-refractivity contribution in [2.45, 2.75) is 32.2 Å². The molecule has 0 amide bonds. The van der Waals surface area contributed by atoms with E-state index in [1.807, 2.05) is 13.1 Å². The highest BCUT2D eigenvalue weighted by Gasteiger charge is 2.16. The summed E-state index contributed by atoms with van der Waals surface area (Å²) >= 11 is 0. The van der Waals surface area contributed by atoms with Crippen LogP contribution in [0.25, 0.3) is 0 Å². The summed E-state index contributed by atoms with van der Waals surface area (Å²) in [5.41, 5.74) is 0.632. The predicted octanol–water partition coefficient (Wildman–Crippen LogP) is 3.11. The molecule has 0 spiro atoms. The van der Waals surface area contributed by atoms with Gasteiger partial charge in [0.25, 0.3) is 0 Å². The van der Waals surface area contributed by atoms with Crippen molar-refractivity contribution < 1.29 is 9.13 Å². The average molecular weight is 237 g/mol. The van der Waals surface area contributed by atoms with Gasteiger partial charge >= 0.3 is 0 Å². The van der Waals surface area contributed by atoms with Gasteiger partial charge in [0, 0.05) is 12.1 Å². The molecule has 2 rings (SSSR count). The van der Waals surface area contributed by atoms with Gasteiger partial charge in [0.05, 0.1) is 6.61 Å². The molecular formula is C14H20FNO. The summed E-state index contributed by atoms with van der Waals surface area (Å²) in [5, 5.41) is 2.97. The van der Waals surface area contributed by atoms with Crippen molar-refractivity contribution in [2.75, 3.05) is 13.7 Å². The molecule has 3 heteroatoms. The van der Waals surface area contributed by atoms with Crippen molar-refractivity contribution in [2.24, 2.45) is 5.92 Å². The topological polar surface area (TPSA) is 21.3 Å². The SMILES string of the molecule is CNCc1c(F)cccc1OCC1CCCC1. The molecule has 2 nitrogen and oxygen atoms in total. The lowest BCUT2D eigenvalue weighted by atomic mass is 10.1. The van der Waals surface area contributed by atoms with E-state index in [4.69, 9.17) is 4.74 Å². The normalized spacial score (nSPS) is 16.4. The third-order valence-electron chi connectivity index (χ3n) is 3.38. The van der Waals surface area contributed by atoms with Crippen LogP contribution in [-0.2, 0) is 6.54 Å². The van der Waals surface area contributed by atoms with E-state index in [-0.39, 0.29) is 5.82 Å². The van der Waals surface area contributed by atoms with Gasteiger partial charge in [0.1, 0.15) is 11.6 Å². The van der Waals surface area contributed by atoms with Gasteiger partial charge in [-0.25, -0.2) is 4.39 Å². The van der Waals surface area contributed by atoms with Crippen LogP contribution >= 0.6 is 0 Å². The molecule has 1 saturated carbocycles. The maximum absolute atomic E-state index is 13.6. The van der Waals surface area contributed by atoms with E-state index in [0.717, 1.165) is 6.61 Å². The van der Waals surface area contributed by atoms with Gasteiger partial charge in [-0.3, -0.25) is 0 Å². The van der Waals surface area contributed by atoms with Crippen LogP contribution in [0.15, 0.2) is 18.2 Å². The van der Waals surface area contributed by atoms with Crippen LogP contribution in [0.1, 0.15) is 31.2 Å². The Hall–Kier alpha value is -1.09. The Bertz CT molecular complexity index is 361. The number of hydrogen-bond acceptors (Lipinski definition) is 2. The summed E-state index contributed by atoms with van der Waals surface area (Å²) in [4.78, 5) is 0. The minimum atomic E-state index is -0.191. The molecule has 0 aliphatic heterocycles. The van der Waals surface area contributed by atoms with Gasteiger partial charge in [-0.1, -0.05) is 18.9 Å². The van der Waals surface area contributed by atoms with E-state index >= 15 is 0 Å². The van der Waals surface area contributed by atoms with Crippen LogP contribution in [0.3, 0.4) is 0 Å². The number of rotatable bonds is 5. The molecule has 1 aromatic rings. The van der Waals surface area contributed by atoms with Crippen LogP contribution in [0, 0.1) is 11.7 Å². The smallest absolute Gasteiger partial charge is 0.131 e. The van der Waals surface area contributed by atoms with Crippen LogP contribution in [0.2, 0.25) is 0 Å². The molecule has 1 N–H and O–H groups in total. The summed E-state index contributed by atoms with van der Waals surface area (Å²) in [7, 11) is 1.81. The van der Waals surface area contributed by atoms with Crippen molar-refractivity contribution in [1.82, 2.24) is 5.32 Å². The lowest BCUT2D eigenvalue weighted by molar-refractivity contribution is 0.248. The molecule has 0 bridgehead atoms. The number of nitrogens with one attached hydrogen (secondary N) is 1. The van der Waals surface area contributed by atoms with Gasteiger partial charge in [-0.2, -0.15) is 0 Å². The minimum Gasteiger partial charge on any atom is -0.493 e. The Morgan fingerprint density at radius 2 is 2.12 bits per heavy atom. The first kappa shape index (κ1) is 12.4. The Kier molecular flexibility index (Phi) is 4.37. The second-order valence-electron chi connectivity index (χ2n) is 4.71. The third-order valence-corrected chi connectivity index (χ3v) is 3.38. The molecule has 17 heavy (non-hydrogen) atoms. The Labute approximate surface area is 102 Å². The molecule has 1 aliphatic rings. The molecule has 0 unspecified atom stereocenters.